The molecule has 0 bridgehead atoms. The standard InChI is InChI=1S/C4H12BN.C3H9N.CH4.2CH3.Y/c1-4-6-5(2)3;1-4(2)3;;;;/h6H,4H2,1-3H3;1-3H3;1H4;2*1H3;/q;;;2*-1;. The van der Waals surface area contributed by atoms with Crippen molar-refractivity contribution in [1.82, 2.24) is 10.1 Å². The number of nitrogens with one attached hydrogen (secondary N) is 1. The van der Waals surface area contributed by atoms with Crippen LogP contribution in [0.25, 0.3) is 0 Å². The van der Waals surface area contributed by atoms with Gasteiger partial charge in [-0.3, -0.25) is 0 Å². The van der Waals surface area contributed by atoms with Crippen LogP contribution in [0.4, 0.5) is 0 Å². The number of nitrogens with zero attached hydrogens (tertiary/aromatic N) is 1. The predicted octanol–water partition coefficient (Wildman–Crippen LogP) is 2.56. The van der Waals surface area contributed by atoms with Crippen molar-refractivity contribution in [3.8, 4) is 0 Å². The number of hydrogen-bond acceptors (Lipinski definition) is 2. The molecular weight excluding hydrogens is 248 g/mol. The van der Waals surface area contributed by atoms with Gasteiger partial charge in [-0.1, -0.05) is 28.0 Å². The molecule has 0 aromatic carbocycles. The summed E-state index contributed by atoms with van der Waals surface area (Å²) in [7, 11) is 6.00. The molecule has 0 amide bonds. The minimum absolute atomic E-state index is 0. The van der Waals surface area contributed by atoms with E-state index in [0.717, 1.165) is 6.54 Å². The molecule has 0 atom stereocenters. The molecule has 0 spiro atoms. The Morgan fingerprint density at radius 2 is 1.29 bits per heavy atom. The topological polar surface area (TPSA) is 15.3 Å². The van der Waals surface area contributed by atoms with E-state index in [1.165, 1.54) is 0 Å². The molecule has 2 nitrogen and oxygen atoms in total. The van der Waals surface area contributed by atoms with Crippen molar-refractivity contribution < 1.29 is 32.7 Å². The summed E-state index contributed by atoms with van der Waals surface area (Å²) in [6.07, 6.45) is 0. The third kappa shape index (κ3) is 114. The van der Waals surface area contributed by atoms with Crippen molar-refractivity contribution in [3.63, 3.8) is 0 Å². The Morgan fingerprint density at radius 1 is 1.07 bits per heavy atom. The normalized spacial score (nSPS) is 6.21. The molecule has 0 heterocycles. The average Bonchev–Trinajstić information content (AvgIpc) is 1.62. The van der Waals surface area contributed by atoms with E-state index in [2.05, 4.69) is 25.8 Å². The molecule has 89 valence electrons. The monoisotopic (exact) mass is 279 g/mol. The van der Waals surface area contributed by atoms with Crippen molar-refractivity contribution in [2.75, 3.05) is 27.7 Å². The molecule has 0 aliphatic heterocycles. The van der Waals surface area contributed by atoms with E-state index in [-0.39, 0.29) is 55.0 Å². The fourth-order valence-corrected chi connectivity index (χ4v) is 0.408. The second kappa shape index (κ2) is 29.2. The Morgan fingerprint density at radius 3 is 1.29 bits per heavy atom. The minimum Gasteiger partial charge on any atom is -0.358 e. The third-order valence-electron chi connectivity index (χ3n) is 0.612. The number of hydrogen-bond donors (Lipinski definition) is 1. The van der Waals surface area contributed by atoms with Gasteiger partial charge in [0.1, 0.15) is 0 Å². The maximum Gasteiger partial charge on any atom is 0.213 e. The van der Waals surface area contributed by atoms with Gasteiger partial charge < -0.3 is 25.0 Å². The summed E-state index contributed by atoms with van der Waals surface area (Å²) in [5.74, 6) is 0. The van der Waals surface area contributed by atoms with E-state index in [1.807, 2.05) is 26.0 Å². The molecule has 0 aliphatic rings. The van der Waals surface area contributed by atoms with Crippen LogP contribution in [0.15, 0.2) is 0 Å². The molecule has 4 heteroatoms. The molecular formula is C10H31BN2Y-2. The summed E-state index contributed by atoms with van der Waals surface area (Å²) in [5.41, 5.74) is 0. The van der Waals surface area contributed by atoms with Crippen LogP contribution in [0, 0.1) is 14.9 Å². The van der Waals surface area contributed by atoms with Crippen LogP contribution in [0.5, 0.6) is 0 Å². The molecule has 0 aromatic heterocycles. The summed E-state index contributed by atoms with van der Waals surface area (Å²) < 4.78 is 0. The Kier molecular flexibility index (Phi) is 75.7. The second-order valence-corrected chi connectivity index (χ2v) is 3.05. The summed E-state index contributed by atoms with van der Waals surface area (Å²) in [4.78, 5) is 2.00. The van der Waals surface area contributed by atoms with Gasteiger partial charge in [-0.05, 0) is 27.7 Å². The maximum absolute atomic E-state index is 3.21. The van der Waals surface area contributed by atoms with Gasteiger partial charge >= 0.3 is 0 Å². The van der Waals surface area contributed by atoms with Crippen molar-refractivity contribution >= 4 is 6.85 Å². The largest absolute Gasteiger partial charge is 0.358 e. The predicted molar refractivity (Wildman–Crippen MR) is 70.3 cm³/mol. The summed E-state index contributed by atoms with van der Waals surface area (Å²) in [6, 6.07) is 0. The van der Waals surface area contributed by atoms with Crippen molar-refractivity contribution in [1.29, 1.82) is 0 Å². The van der Waals surface area contributed by atoms with Crippen LogP contribution < -0.4 is 5.23 Å². The smallest absolute Gasteiger partial charge is 0.213 e. The zero-order chi connectivity index (χ0) is 8.57. The summed E-state index contributed by atoms with van der Waals surface area (Å²) >= 11 is 0. The fourth-order valence-electron chi connectivity index (χ4n) is 0.408. The van der Waals surface area contributed by atoms with Crippen LogP contribution in [0.1, 0.15) is 14.4 Å². The maximum atomic E-state index is 3.21. The van der Waals surface area contributed by atoms with E-state index >= 15 is 0 Å². The molecule has 14 heavy (non-hydrogen) atoms. The minimum atomic E-state index is 0. The Labute approximate surface area is 120 Å². The Hall–Kier alpha value is 1.09. The molecule has 0 saturated heterocycles. The molecule has 0 saturated carbocycles. The zero-order valence-electron chi connectivity index (χ0n) is 10.8. The van der Waals surface area contributed by atoms with Crippen LogP contribution in [0.3, 0.4) is 0 Å². The van der Waals surface area contributed by atoms with Gasteiger partial charge in [-0.25, -0.2) is 0 Å². The van der Waals surface area contributed by atoms with Gasteiger partial charge in [0, 0.05) is 32.7 Å². The number of rotatable bonds is 2. The Balaban J connectivity index is -0.0000000185. The first-order chi connectivity index (χ1) is 4.50. The molecule has 0 rings (SSSR count). The van der Waals surface area contributed by atoms with E-state index < -0.39 is 0 Å². The van der Waals surface area contributed by atoms with E-state index in [9.17, 15) is 0 Å². The SMILES string of the molecule is C.CCNB(C)C.CN(C)C.[CH3-].[CH3-].[Y]. The molecule has 0 unspecified atom stereocenters. The third-order valence-corrected chi connectivity index (χ3v) is 0.612. The van der Waals surface area contributed by atoms with Crippen LogP contribution >= 0.6 is 0 Å². The van der Waals surface area contributed by atoms with Gasteiger partial charge in [0.05, 0.1) is 0 Å². The second-order valence-electron chi connectivity index (χ2n) is 3.05. The molecule has 0 aliphatic carbocycles. The fraction of sp³-hybridized carbons (Fsp3) is 0.800. The van der Waals surface area contributed by atoms with Crippen molar-refractivity contribution in [2.45, 2.75) is 28.0 Å². The van der Waals surface area contributed by atoms with Gasteiger partial charge in [0.15, 0.2) is 0 Å². The van der Waals surface area contributed by atoms with Crippen molar-refractivity contribution in [2.24, 2.45) is 0 Å². The van der Waals surface area contributed by atoms with Crippen LogP contribution in [0.2, 0.25) is 13.6 Å². The molecule has 0 fully saturated rings. The van der Waals surface area contributed by atoms with Crippen LogP contribution in [-0.4, -0.2) is 39.4 Å². The Bertz CT molecular complexity index is 59.3. The quantitative estimate of drug-likeness (QED) is 0.617. The van der Waals surface area contributed by atoms with Gasteiger partial charge in [-0.15, -0.1) is 0 Å². The van der Waals surface area contributed by atoms with E-state index in [0.29, 0.717) is 6.85 Å². The molecule has 1 N–H and O–H groups in total. The van der Waals surface area contributed by atoms with E-state index in [4.69, 9.17) is 0 Å². The van der Waals surface area contributed by atoms with E-state index in [1.54, 1.807) is 0 Å². The zero-order valence-corrected chi connectivity index (χ0v) is 13.6. The van der Waals surface area contributed by atoms with Gasteiger partial charge in [0.25, 0.3) is 0 Å². The first kappa shape index (κ1) is 36.3. The van der Waals surface area contributed by atoms with Gasteiger partial charge in [-0.2, -0.15) is 0 Å². The van der Waals surface area contributed by atoms with Crippen molar-refractivity contribution in [3.05, 3.63) is 14.9 Å². The van der Waals surface area contributed by atoms with Gasteiger partial charge in [0.2, 0.25) is 6.85 Å². The molecule has 0 aromatic rings. The molecule has 1 radical (unpaired) electrons. The summed E-state index contributed by atoms with van der Waals surface area (Å²) in [5, 5.41) is 3.21. The first-order valence-electron chi connectivity index (χ1n) is 3.85. The average molecular weight is 279 g/mol. The first-order valence-corrected chi connectivity index (χ1v) is 3.85. The van der Waals surface area contributed by atoms with Crippen LogP contribution in [-0.2, 0) is 32.7 Å². The summed E-state index contributed by atoms with van der Waals surface area (Å²) in [6.45, 7) is 8.12.